The van der Waals surface area contributed by atoms with Gasteiger partial charge in [-0.25, -0.2) is 0 Å². The summed E-state index contributed by atoms with van der Waals surface area (Å²) in [6.45, 7) is 0.487. The fraction of sp³-hybridized carbons (Fsp3) is 0.118. The Labute approximate surface area is 128 Å². The van der Waals surface area contributed by atoms with E-state index in [1.807, 2.05) is 66.3 Å². The number of halogens is 1. The quantitative estimate of drug-likeness (QED) is 0.785. The van der Waals surface area contributed by atoms with Crippen LogP contribution in [0.3, 0.4) is 0 Å². The highest BCUT2D eigenvalue weighted by Crippen LogP contribution is 2.16. The summed E-state index contributed by atoms with van der Waals surface area (Å²) in [5, 5.41) is 4.74. The summed E-state index contributed by atoms with van der Waals surface area (Å²) < 4.78 is 2.01. The van der Waals surface area contributed by atoms with Gasteiger partial charge in [0.05, 0.1) is 0 Å². The van der Waals surface area contributed by atoms with E-state index in [9.17, 15) is 4.79 Å². The van der Waals surface area contributed by atoms with Crippen molar-refractivity contribution in [1.82, 2.24) is 9.88 Å². The largest absolute Gasteiger partial charge is 0.351 e. The van der Waals surface area contributed by atoms with Gasteiger partial charge in [-0.2, -0.15) is 0 Å². The second-order valence-corrected chi connectivity index (χ2v) is 5.45. The van der Waals surface area contributed by atoms with Gasteiger partial charge in [-0.05, 0) is 41.3 Å². The number of aromatic nitrogens is 1. The molecule has 0 atom stereocenters. The molecule has 1 N–H and O–H groups in total. The average molecular weight is 299 g/mol. The van der Waals surface area contributed by atoms with E-state index in [-0.39, 0.29) is 5.91 Å². The van der Waals surface area contributed by atoms with Crippen LogP contribution in [0.4, 0.5) is 0 Å². The maximum Gasteiger partial charge on any atom is 0.251 e. The minimum absolute atomic E-state index is 0.0759. The second-order valence-electron chi connectivity index (χ2n) is 5.01. The van der Waals surface area contributed by atoms with Crippen LogP contribution >= 0.6 is 11.6 Å². The number of carbonyl (C=O) groups is 1. The molecule has 0 radical (unpaired) electrons. The summed E-state index contributed by atoms with van der Waals surface area (Å²) in [6.07, 6.45) is 1.99. The van der Waals surface area contributed by atoms with Crippen LogP contribution in [0, 0.1) is 0 Å². The van der Waals surface area contributed by atoms with Crippen LogP contribution in [0.15, 0.2) is 54.7 Å². The van der Waals surface area contributed by atoms with Crippen LogP contribution in [0.5, 0.6) is 0 Å². The Morgan fingerprint density at radius 3 is 2.67 bits per heavy atom. The molecule has 0 saturated heterocycles. The Hall–Kier alpha value is -2.26. The summed E-state index contributed by atoms with van der Waals surface area (Å²) in [5.74, 6) is -0.0759. The fourth-order valence-corrected chi connectivity index (χ4v) is 2.42. The normalized spacial score (nSPS) is 10.8. The predicted octanol–water partition coefficient (Wildman–Crippen LogP) is 3.76. The van der Waals surface area contributed by atoms with Gasteiger partial charge in [-0.15, -0.1) is 0 Å². The number of nitrogens with zero attached hydrogens (tertiary/aromatic N) is 1. The standard InChI is InChI=1S/C17H15ClN2O/c1-20-9-8-13-4-5-14(10-16(13)20)17(21)19-11-12-2-6-15(18)7-3-12/h2-10H,11H2,1H3,(H,19,21). The number of nitrogens with one attached hydrogen (secondary N) is 1. The van der Waals surface area contributed by atoms with Gasteiger partial charge in [0.25, 0.3) is 5.91 Å². The smallest absolute Gasteiger partial charge is 0.251 e. The Balaban J connectivity index is 1.74. The van der Waals surface area contributed by atoms with E-state index in [0.717, 1.165) is 16.5 Å². The van der Waals surface area contributed by atoms with Crippen molar-refractivity contribution in [3.63, 3.8) is 0 Å². The van der Waals surface area contributed by atoms with Crippen LogP contribution in [-0.4, -0.2) is 10.5 Å². The molecule has 4 heteroatoms. The molecule has 0 unspecified atom stereocenters. The van der Waals surface area contributed by atoms with E-state index in [2.05, 4.69) is 5.32 Å². The van der Waals surface area contributed by atoms with E-state index >= 15 is 0 Å². The SMILES string of the molecule is Cn1ccc2ccc(C(=O)NCc3ccc(Cl)cc3)cc21. The Morgan fingerprint density at radius 1 is 1.14 bits per heavy atom. The summed E-state index contributed by atoms with van der Waals surface area (Å²) >= 11 is 5.84. The van der Waals surface area contributed by atoms with Crippen molar-refractivity contribution >= 4 is 28.4 Å². The van der Waals surface area contributed by atoms with Gasteiger partial charge in [0.15, 0.2) is 0 Å². The van der Waals surface area contributed by atoms with Crippen molar-refractivity contribution in [2.75, 3.05) is 0 Å². The maximum atomic E-state index is 12.2. The second kappa shape index (κ2) is 5.62. The summed E-state index contributed by atoms with van der Waals surface area (Å²) in [4.78, 5) is 12.2. The van der Waals surface area contributed by atoms with E-state index in [0.29, 0.717) is 17.1 Å². The summed E-state index contributed by atoms with van der Waals surface area (Å²) in [6, 6.07) is 15.2. The molecule has 3 rings (SSSR count). The molecule has 2 aromatic carbocycles. The molecule has 0 bridgehead atoms. The summed E-state index contributed by atoms with van der Waals surface area (Å²) in [5.41, 5.74) is 2.74. The number of benzene rings is 2. The molecule has 0 spiro atoms. The number of hydrogen-bond acceptors (Lipinski definition) is 1. The monoisotopic (exact) mass is 298 g/mol. The molecule has 3 nitrogen and oxygen atoms in total. The lowest BCUT2D eigenvalue weighted by molar-refractivity contribution is 0.0951. The number of aryl methyl sites for hydroxylation is 1. The average Bonchev–Trinajstić information content (AvgIpc) is 2.87. The lowest BCUT2D eigenvalue weighted by Crippen LogP contribution is -2.22. The third-order valence-electron chi connectivity index (χ3n) is 3.52. The van der Waals surface area contributed by atoms with Crippen LogP contribution in [0.25, 0.3) is 10.9 Å². The van der Waals surface area contributed by atoms with Crippen molar-refractivity contribution < 1.29 is 4.79 Å². The lowest BCUT2D eigenvalue weighted by Gasteiger charge is -2.06. The van der Waals surface area contributed by atoms with Gasteiger partial charge in [-0.3, -0.25) is 4.79 Å². The van der Waals surface area contributed by atoms with Crippen LogP contribution in [0.1, 0.15) is 15.9 Å². The molecule has 106 valence electrons. The molecule has 1 heterocycles. The molecule has 21 heavy (non-hydrogen) atoms. The first kappa shape index (κ1) is 13.7. The van der Waals surface area contributed by atoms with E-state index in [4.69, 9.17) is 11.6 Å². The van der Waals surface area contributed by atoms with Gasteiger partial charge in [0.1, 0.15) is 0 Å². The minimum atomic E-state index is -0.0759. The third kappa shape index (κ3) is 2.93. The number of rotatable bonds is 3. The van der Waals surface area contributed by atoms with Crippen LogP contribution in [0.2, 0.25) is 5.02 Å². The van der Waals surface area contributed by atoms with E-state index in [1.54, 1.807) is 0 Å². The van der Waals surface area contributed by atoms with Crippen molar-refractivity contribution in [1.29, 1.82) is 0 Å². The van der Waals surface area contributed by atoms with Crippen molar-refractivity contribution in [3.05, 3.63) is 70.9 Å². The highest BCUT2D eigenvalue weighted by Gasteiger charge is 2.07. The van der Waals surface area contributed by atoms with Crippen molar-refractivity contribution in [2.45, 2.75) is 6.54 Å². The lowest BCUT2D eigenvalue weighted by atomic mass is 10.1. The molecular weight excluding hydrogens is 284 g/mol. The van der Waals surface area contributed by atoms with Gasteiger partial charge in [-0.1, -0.05) is 29.8 Å². The van der Waals surface area contributed by atoms with Crippen molar-refractivity contribution in [2.24, 2.45) is 7.05 Å². The molecule has 1 aromatic heterocycles. The number of fused-ring (bicyclic) bond motifs is 1. The minimum Gasteiger partial charge on any atom is -0.351 e. The molecule has 0 aliphatic rings. The zero-order valence-corrected chi connectivity index (χ0v) is 12.4. The molecule has 0 aliphatic carbocycles. The zero-order chi connectivity index (χ0) is 14.8. The first-order valence-electron chi connectivity index (χ1n) is 6.71. The first-order valence-corrected chi connectivity index (χ1v) is 7.09. The Bertz CT molecular complexity index is 790. The first-order chi connectivity index (χ1) is 10.1. The van der Waals surface area contributed by atoms with Gasteiger partial charge >= 0.3 is 0 Å². The van der Waals surface area contributed by atoms with E-state index in [1.165, 1.54) is 0 Å². The number of hydrogen-bond donors (Lipinski definition) is 1. The number of carbonyl (C=O) groups excluding carboxylic acids is 1. The molecule has 0 saturated carbocycles. The maximum absolute atomic E-state index is 12.2. The van der Waals surface area contributed by atoms with Crippen molar-refractivity contribution in [3.8, 4) is 0 Å². The van der Waals surface area contributed by atoms with Crippen LogP contribution < -0.4 is 5.32 Å². The van der Waals surface area contributed by atoms with Gasteiger partial charge in [0.2, 0.25) is 0 Å². The predicted molar refractivity (Wildman–Crippen MR) is 85.5 cm³/mol. The molecular formula is C17H15ClN2O. The van der Waals surface area contributed by atoms with Gasteiger partial charge in [0, 0.05) is 35.9 Å². The highest BCUT2D eigenvalue weighted by molar-refractivity contribution is 6.30. The molecule has 1 amide bonds. The fourth-order valence-electron chi connectivity index (χ4n) is 2.29. The zero-order valence-electron chi connectivity index (χ0n) is 11.6. The number of amides is 1. The molecule has 3 aromatic rings. The van der Waals surface area contributed by atoms with Gasteiger partial charge < -0.3 is 9.88 Å². The topological polar surface area (TPSA) is 34.0 Å². The van der Waals surface area contributed by atoms with Crippen LogP contribution in [-0.2, 0) is 13.6 Å². The summed E-state index contributed by atoms with van der Waals surface area (Å²) in [7, 11) is 1.97. The Kier molecular flexibility index (Phi) is 3.67. The highest BCUT2D eigenvalue weighted by atomic mass is 35.5. The molecule has 0 aliphatic heterocycles. The molecule has 0 fully saturated rings. The van der Waals surface area contributed by atoms with E-state index < -0.39 is 0 Å². The Morgan fingerprint density at radius 2 is 1.90 bits per heavy atom. The third-order valence-corrected chi connectivity index (χ3v) is 3.77.